The molecule has 0 unspecified atom stereocenters. The minimum Gasteiger partial charge on any atom is -0.340 e. The second-order valence-electron chi connectivity index (χ2n) is 8.81. The molecule has 3 aliphatic heterocycles. The van der Waals surface area contributed by atoms with Crippen molar-refractivity contribution in [2.75, 3.05) is 33.2 Å². The summed E-state index contributed by atoms with van der Waals surface area (Å²) in [4.78, 5) is 31.8. The quantitative estimate of drug-likeness (QED) is 0.780. The molecule has 5 nitrogen and oxygen atoms in total. The number of piperidine rings is 1. The minimum absolute atomic E-state index is 0.136. The molecule has 0 aromatic heterocycles. The molecular formula is C22H30FN3O2. The fourth-order valence-electron chi connectivity index (χ4n) is 4.76. The highest BCUT2D eigenvalue weighted by molar-refractivity contribution is 5.81. The first-order chi connectivity index (χ1) is 13.5. The van der Waals surface area contributed by atoms with Gasteiger partial charge in [-0.25, -0.2) is 4.39 Å². The molecular weight excluding hydrogens is 357 g/mol. The number of hydrogen-bond acceptors (Lipinski definition) is 3. The third kappa shape index (κ3) is 4.22. The Morgan fingerprint density at radius 1 is 1.07 bits per heavy atom. The van der Waals surface area contributed by atoms with E-state index in [0.29, 0.717) is 31.5 Å². The van der Waals surface area contributed by atoms with Crippen molar-refractivity contribution in [2.45, 2.75) is 44.7 Å². The van der Waals surface area contributed by atoms with Crippen molar-refractivity contribution in [3.8, 4) is 0 Å². The van der Waals surface area contributed by atoms with Gasteiger partial charge in [0.25, 0.3) is 0 Å². The summed E-state index contributed by atoms with van der Waals surface area (Å²) in [5, 5.41) is 0. The Morgan fingerprint density at radius 2 is 1.82 bits per heavy atom. The van der Waals surface area contributed by atoms with E-state index in [2.05, 4.69) is 0 Å². The van der Waals surface area contributed by atoms with Gasteiger partial charge in [0.2, 0.25) is 11.8 Å². The lowest BCUT2D eigenvalue weighted by atomic mass is 9.84. The van der Waals surface area contributed by atoms with Crippen LogP contribution in [0.1, 0.15) is 37.7 Å². The predicted octanol–water partition coefficient (Wildman–Crippen LogP) is 2.51. The summed E-state index contributed by atoms with van der Waals surface area (Å²) < 4.78 is 13.1. The first-order valence-corrected chi connectivity index (χ1v) is 10.5. The van der Waals surface area contributed by atoms with Crippen molar-refractivity contribution in [1.82, 2.24) is 14.7 Å². The monoisotopic (exact) mass is 387 g/mol. The van der Waals surface area contributed by atoms with Crippen LogP contribution in [0.15, 0.2) is 24.3 Å². The third-order valence-corrected chi connectivity index (χ3v) is 6.57. The largest absolute Gasteiger partial charge is 0.340 e. The van der Waals surface area contributed by atoms with Crippen LogP contribution in [-0.2, 0) is 16.1 Å². The van der Waals surface area contributed by atoms with Crippen LogP contribution in [0, 0.1) is 17.7 Å². The number of carbonyl (C=O) groups excluding carboxylic acids is 2. The highest BCUT2D eigenvalue weighted by atomic mass is 19.1. The second-order valence-corrected chi connectivity index (χ2v) is 8.81. The molecule has 2 amide bonds. The Balaban J connectivity index is 1.35. The lowest BCUT2D eigenvalue weighted by molar-refractivity contribution is -0.140. The number of halogens is 1. The molecule has 6 heteroatoms. The van der Waals surface area contributed by atoms with E-state index in [1.54, 1.807) is 12.1 Å². The van der Waals surface area contributed by atoms with Gasteiger partial charge in [-0.3, -0.25) is 14.5 Å². The molecule has 0 spiro atoms. The van der Waals surface area contributed by atoms with Gasteiger partial charge in [-0.2, -0.15) is 0 Å². The number of fused-ring (bicyclic) bond motifs is 4. The molecule has 4 aliphatic rings. The summed E-state index contributed by atoms with van der Waals surface area (Å²) >= 11 is 0. The second kappa shape index (κ2) is 8.19. The van der Waals surface area contributed by atoms with Crippen molar-refractivity contribution in [1.29, 1.82) is 0 Å². The van der Waals surface area contributed by atoms with Crippen molar-refractivity contribution in [2.24, 2.45) is 11.8 Å². The van der Waals surface area contributed by atoms with Crippen LogP contribution in [0.2, 0.25) is 0 Å². The van der Waals surface area contributed by atoms with E-state index in [1.165, 1.54) is 18.6 Å². The Bertz CT molecular complexity index is 719. The normalized spacial score (nSPS) is 25.0. The molecule has 1 aromatic rings. The molecule has 0 radical (unpaired) electrons. The lowest BCUT2D eigenvalue weighted by Crippen LogP contribution is -2.50. The lowest BCUT2D eigenvalue weighted by Gasteiger charge is -2.37. The molecule has 1 saturated carbocycles. The highest BCUT2D eigenvalue weighted by Crippen LogP contribution is 2.33. The molecule has 1 aliphatic carbocycles. The zero-order valence-electron chi connectivity index (χ0n) is 16.6. The third-order valence-electron chi connectivity index (χ3n) is 6.57. The SMILES string of the molecule is CN(CC(=O)N1C[C@H]2CC[C@@H]1CN(C(=O)C1CCC1)C2)Cc1ccc(F)cc1. The van der Waals surface area contributed by atoms with Gasteiger partial charge < -0.3 is 9.80 Å². The number of likely N-dealkylation sites (N-methyl/N-ethyl adjacent to an activating group) is 1. The molecule has 2 atom stereocenters. The van der Waals surface area contributed by atoms with Crippen molar-refractivity contribution >= 4 is 11.8 Å². The molecule has 3 heterocycles. The van der Waals surface area contributed by atoms with Gasteiger partial charge >= 0.3 is 0 Å². The van der Waals surface area contributed by atoms with Gasteiger partial charge in [0, 0.05) is 38.1 Å². The van der Waals surface area contributed by atoms with Crippen molar-refractivity contribution in [3.63, 3.8) is 0 Å². The van der Waals surface area contributed by atoms with E-state index in [-0.39, 0.29) is 23.7 Å². The van der Waals surface area contributed by atoms with Gasteiger partial charge in [0.1, 0.15) is 5.82 Å². The van der Waals surface area contributed by atoms with E-state index in [0.717, 1.165) is 44.3 Å². The molecule has 4 fully saturated rings. The number of rotatable bonds is 5. The average molecular weight is 387 g/mol. The number of carbonyl (C=O) groups is 2. The zero-order chi connectivity index (χ0) is 19.7. The van der Waals surface area contributed by atoms with Crippen LogP contribution in [0.3, 0.4) is 0 Å². The summed E-state index contributed by atoms with van der Waals surface area (Å²) in [7, 11) is 1.92. The first kappa shape index (κ1) is 19.4. The maximum atomic E-state index is 13.1. The summed E-state index contributed by atoms with van der Waals surface area (Å²) in [6.07, 6.45) is 5.33. The number of benzene rings is 1. The smallest absolute Gasteiger partial charge is 0.237 e. The highest BCUT2D eigenvalue weighted by Gasteiger charge is 2.40. The van der Waals surface area contributed by atoms with Crippen molar-refractivity contribution < 1.29 is 14.0 Å². The van der Waals surface area contributed by atoms with Gasteiger partial charge in [0.15, 0.2) is 0 Å². The van der Waals surface area contributed by atoms with E-state index in [4.69, 9.17) is 0 Å². The topological polar surface area (TPSA) is 43.9 Å². The van der Waals surface area contributed by atoms with E-state index in [1.807, 2.05) is 21.7 Å². The maximum absolute atomic E-state index is 13.1. The number of nitrogens with zero attached hydrogens (tertiary/aromatic N) is 3. The predicted molar refractivity (Wildman–Crippen MR) is 105 cm³/mol. The Hall–Kier alpha value is -1.95. The molecule has 3 saturated heterocycles. The van der Waals surface area contributed by atoms with Gasteiger partial charge in [-0.1, -0.05) is 18.6 Å². The van der Waals surface area contributed by atoms with Crippen LogP contribution in [-0.4, -0.2) is 65.8 Å². The van der Waals surface area contributed by atoms with Gasteiger partial charge in [0.05, 0.1) is 6.54 Å². The van der Waals surface area contributed by atoms with Crippen LogP contribution < -0.4 is 0 Å². The fraction of sp³-hybridized carbons (Fsp3) is 0.636. The minimum atomic E-state index is -0.246. The van der Waals surface area contributed by atoms with E-state index in [9.17, 15) is 14.0 Å². The summed E-state index contributed by atoms with van der Waals surface area (Å²) in [5.74, 6) is 0.824. The van der Waals surface area contributed by atoms with Crippen molar-refractivity contribution in [3.05, 3.63) is 35.6 Å². The Morgan fingerprint density at radius 3 is 2.50 bits per heavy atom. The summed E-state index contributed by atoms with van der Waals surface area (Å²) in [6, 6.07) is 6.57. The first-order valence-electron chi connectivity index (χ1n) is 10.5. The standard InChI is InChI=1S/C22H30FN3O2/c1-24(11-16-5-8-19(23)9-6-16)15-21(27)26-13-17-7-10-20(26)14-25(12-17)22(28)18-3-2-4-18/h5-6,8-9,17-18,20H,2-4,7,10-15H2,1H3/t17-,20+/m0/s1. The molecule has 28 heavy (non-hydrogen) atoms. The average Bonchev–Trinajstić information content (AvgIpc) is 2.94. The number of amides is 2. The molecule has 1 aromatic carbocycles. The Labute approximate surface area is 166 Å². The fourth-order valence-corrected chi connectivity index (χ4v) is 4.76. The summed E-state index contributed by atoms with van der Waals surface area (Å²) in [5.41, 5.74) is 0.992. The molecule has 152 valence electrons. The van der Waals surface area contributed by atoms with E-state index >= 15 is 0 Å². The van der Waals surface area contributed by atoms with Gasteiger partial charge in [-0.05, 0) is 56.3 Å². The molecule has 2 bridgehead atoms. The van der Waals surface area contributed by atoms with Gasteiger partial charge in [-0.15, -0.1) is 0 Å². The van der Waals surface area contributed by atoms with Crippen LogP contribution >= 0.6 is 0 Å². The van der Waals surface area contributed by atoms with E-state index < -0.39 is 0 Å². The zero-order valence-corrected chi connectivity index (χ0v) is 16.6. The molecule has 5 rings (SSSR count). The van der Waals surface area contributed by atoms with Crippen LogP contribution in [0.4, 0.5) is 4.39 Å². The van der Waals surface area contributed by atoms with Crippen LogP contribution in [0.5, 0.6) is 0 Å². The summed E-state index contributed by atoms with van der Waals surface area (Å²) in [6.45, 7) is 3.22. The number of hydrogen-bond donors (Lipinski definition) is 0. The van der Waals surface area contributed by atoms with Crippen LogP contribution in [0.25, 0.3) is 0 Å². The maximum Gasteiger partial charge on any atom is 0.237 e. The Kier molecular flexibility index (Phi) is 5.67. The molecule has 0 N–H and O–H groups in total.